The van der Waals surface area contributed by atoms with E-state index in [4.69, 9.17) is 56.6 Å². The molecule has 2 amide bonds. The van der Waals surface area contributed by atoms with E-state index in [-0.39, 0.29) is 13.1 Å². The Kier molecular flexibility index (Phi) is 8.88. The number of hydrogen-bond donors (Lipinski definition) is 4. The maximum absolute atomic E-state index is 11.4. The van der Waals surface area contributed by atoms with E-state index in [1.165, 1.54) is 0 Å². The first-order chi connectivity index (χ1) is 10.1. The quantitative estimate of drug-likeness (QED) is 0.373. The van der Waals surface area contributed by atoms with E-state index < -0.39 is 43.9 Å². The van der Waals surface area contributed by atoms with Gasteiger partial charge in [-0.15, -0.1) is 0 Å². The molecule has 0 aromatic carbocycles. The second kappa shape index (κ2) is 9.52. The maximum Gasteiger partial charge on any atom is 0.349 e. The van der Waals surface area contributed by atoms with Gasteiger partial charge in [-0.2, -0.15) is 0 Å². The number of carboxylic acids is 2. The minimum Gasteiger partial charge on any atom is -0.477 e. The largest absolute Gasteiger partial charge is 0.477 e. The first-order valence-corrected chi connectivity index (χ1v) is 6.74. The lowest BCUT2D eigenvalue weighted by atomic mass is 10.4. The number of aliphatic carboxylic acids is 2. The molecule has 0 aromatic heterocycles. The van der Waals surface area contributed by atoms with Crippen LogP contribution in [-0.4, -0.2) is 47.1 Å². The van der Waals surface area contributed by atoms with E-state index in [1.54, 1.807) is 0 Å². The Balaban J connectivity index is 4.41. The van der Waals surface area contributed by atoms with Crippen molar-refractivity contribution in [3.05, 3.63) is 20.1 Å². The van der Waals surface area contributed by atoms with Crippen LogP contribution in [0.15, 0.2) is 20.1 Å². The highest BCUT2D eigenvalue weighted by molar-refractivity contribution is 6.54. The maximum atomic E-state index is 11.4. The van der Waals surface area contributed by atoms with Crippen LogP contribution in [0.4, 0.5) is 0 Å². The predicted molar refractivity (Wildman–Crippen MR) is 78.8 cm³/mol. The molecule has 0 saturated carbocycles. The van der Waals surface area contributed by atoms with Gasteiger partial charge in [0.05, 0.1) is 0 Å². The molecular weight excluding hydrogens is 386 g/mol. The molecule has 8 nitrogen and oxygen atoms in total. The Morgan fingerprint density at radius 1 is 0.636 bits per heavy atom. The van der Waals surface area contributed by atoms with Crippen LogP contribution in [0.3, 0.4) is 0 Å². The summed E-state index contributed by atoms with van der Waals surface area (Å²) in [5, 5.41) is 18.2. The number of nitrogens with one attached hydrogen (secondary N) is 2. The molecule has 0 fully saturated rings. The van der Waals surface area contributed by atoms with Crippen molar-refractivity contribution >= 4 is 70.2 Å². The summed E-state index contributed by atoms with van der Waals surface area (Å²) in [6.45, 7) is -0.307. The van der Waals surface area contributed by atoms with Crippen molar-refractivity contribution < 1.29 is 29.4 Å². The molecular formula is C10H8Cl4N2O6. The fourth-order valence-corrected chi connectivity index (χ4v) is 1.36. The second-order valence-electron chi connectivity index (χ2n) is 3.38. The summed E-state index contributed by atoms with van der Waals surface area (Å²) in [6, 6.07) is 0. The highest BCUT2D eigenvalue weighted by Crippen LogP contribution is 2.14. The molecule has 0 aliphatic rings. The second-order valence-corrected chi connectivity index (χ2v) is 4.89. The molecule has 12 heteroatoms. The van der Waals surface area contributed by atoms with Crippen molar-refractivity contribution in [1.29, 1.82) is 0 Å². The van der Waals surface area contributed by atoms with Gasteiger partial charge in [-0.25, -0.2) is 9.59 Å². The lowest BCUT2D eigenvalue weighted by molar-refractivity contribution is -0.133. The standard InChI is InChI=1S/C10H8Cl4N2O6/c11-3(5(13)9(19)20)7(17)15-1-2-16-8(18)4(12)6(14)10(21)22/h1-2H2,(H,15,17)(H,16,18)(H,19,20)(H,21,22)/b5-3+,6-4+. The van der Waals surface area contributed by atoms with Crippen LogP contribution in [-0.2, 0) is 19.2 Å². The Hall–Kier alpha value is -1.48. The molecule has 0 aromatic rings. The van der Waals surface area contributed by atoms with E-state index in [1.807, 2.05) is 0 Å². The third-order valence-corrected chi connectivity index (χ3v) is 3.47. The number of carbonyl (C=O) groups excluding carboxylic acids is 2. The fraction of sp³-hybridized carbons (Fsp3) is 0.200. The molecule has 0 unspecified atom stereocenters. The SMILES string of the molecule is O=C(O)/C(Cl)=C(\Cl)C(=O)NCCNC(=O)/C(Cl)=C(\Cl)C(=O)O. The molecule has 0 saturated heterocycles. The van der Waals surface area contributed by atoms with E-state index in [0.29, 0.717) is 0 Å². The first-order valence-electron chi connectivity index (χ1n) is 5.23. The molecule has 4 N–H and O–H groups in total. The molecule has 0 bridgehead atoms. The molecule has 0 heterocycles. The Morgan fingerprint density at radius 3 is 1.14 bits per heavy atom. The van der Waals surface area contributed by atoms with Crippen molar-refractivity contribution in [2.75, 3.05) is 13.1 Å². The van der Waals surface area contributed by atoms with Crippen molar-refractivity contribution in [2.24, 2.45) is 0 Å². The van der Waals surface area contributed by atoms with Gasteiger partial charge in [-0.05, 0) is 0 Å². The van der Waals surface area contributed by atoms with Gasteiger partial charge in [0.1, 0.15) is 20.1 Å². The summed E-state index contributed by atoms with van der Waals surface area (Å²) in [5.41, 5.74) is 0. The van der Waals surface area contributed by atoms with Crippen LogP contribution in [0.5, 0.6) is 0 Å². The van der Waals surface area contributed by atoms with E-state index >= 15 is 0 Å². The van der Waals surface area contributed by atoms with Gasteiger partial charge in [-0.1, -0.05) is 46.4 Å². The average Bonchev–Trinajstić information content (AvgIpc) is 2.47. The van der Waals surface area contributed by atoms with Gasteiger partial charge >= 0.3 is 11.9 Å². The van der Waals surface area contributed by atoms with E-state index in [2.05, 4.69) is 10.6 Å². The number of hydrogen-bond acceptors (Lipinski definition) is 4. The minimum absolute atomic E-state index is 0.153. The summed E-state index contributed by atoms with van der Waals surface area (Å²) in [5.74, 6) is -5.08. The van der Waals surface area contributed by atoms with E-state index in [0.717, 1.165) is 0 Å². The monoisotopic (exact) mass is 392 g/mol. The third-order valence-electron chi connectivity index (χ3n) is 1.86. The molecule has 122 valence electrons. The minimum atomic E-state index is -1.57. The van der Waals surface area contributed by atoms with Crippen molar-refractivity contribution in [3.8, 4) is 0 Å². The van der Waals surface area contributed by atoms with Crippen molar-refractivity contribution in [2.45, 2.75) is 0 Å². The normalized spacial score (nSPS) is 12.7. The van der Waals surface area contributed by atoms with Gasteiger partial charge in [0, 0.05) is 13.1 Å². The van der Waals surface area contributed by atoms with Gasteiger partial charge < -0.3 is 20.8 Å². The Morgan fingerprint density at radius 2 is 0.909 bits per heavy atom. The zero-order valence-electron chi connectivity index (χ0n) is 10.5. The average molecular weight is 394 g/mol. The lowest BCUT2D eigenvalue weighted by Gasteiger charge is -2.07. The predicted octanol–water partition coefficient (Wildman–Crippen LogP) is 0.766. The number of carbonyl (C=O) groups is 4. The third kappa shape index (κ3) is 6.52. The molecule has 0 aliphatic carbocycles. The number of rotatable bonds is 7. The van der Waals surface area contributed by atoms with Crippen LogP contribution in [0.1, 0.15) is 0 Å². The number of carboxylic acid groups (broad SMARTS) is 2. The summed E-state index contributed by atoms with van der Waals surface area (Å²) in [6.07, 6.45) is 0. The van der Waals surface area contributed by atoms with Gasteiger partial charge in [0.25, 0.3) is 11.8 Å². The Labute approximate surface area is 143 Å². The zero-order valence-corrected chi connectivity index (χ0v) is 13.5. The summed E-state index contributed by atoms with van der Waals surface area (Å²) < 4.78 is 0. The van der Waals surface area contributed by atoms with Crippen LogP contribution >= 0.6 is 46.4 Å². The van der Waals surface area contributed by atoms with Crippen LogP contribution < -0.4 is 10.6 Å². The highest BCUT2D eigenvalue weighted by atomic mass is 35.5. The van der Waals surface area contributed by atoms with Crippen LogP contribution in [0.2, 0.25) is 0 Å². The summed E-state index contributed by atoms with van der Waals surface area (Å²) in [7, 11) is 0. The molecule has 0 atom stereocenters. The summed E-state index contributed by atoms with van der Waals surface area (Å²) in [4.78, 5) is 43.7. The molecule has 0 radical (unpaired) electrons. The van der Waals surface area contributed by atoms with E-state index in [9.17, 15) is 19.2 Å². The first kappa shape index (κ1) is 20.5. The smallest absolute Gasteiger partial charge is 0.349 e. The topological polar surface area (TPSA) is 133 Å². The Bertz CT molecular complexity index is 522. The molecule has 0 aliphatic heterocycles. The fourth-order valence-electron chi connectivity index (χ4n) is 0.894. The molecule has 0 rings (SSSR count). The van der Waals surface area contributed by atoms with Crippen molar-refractivity contribution in [3.63, 3.8) is 0 Å². The molecule has 0 spiro atoms. The zero-order chi connectivity index (χ0) is 17.4. The molecule has 22 heavy (non-hydrogen) atoms. The lowest BCUT2D eigenvalue weighted by Crippen LogP contribution is -2.35. The number of amides is 2. The van der Waals surface area contributed by atoms with Crippen LogP contribution in [0.25, 0.3) is 0 Å². The summed E-state index contributed by atoms with van der Waals surface area (Å²) >= 11 is 21.3. The van der Waals surface area contributed by atoms with Crippen molar-refractivity contribution in [1.82, 2.24) is 10.6 Å². The highest BCUT2D eigenvalue weighted by Gasteiger charge is 2.18. The van der Waals surface area contributed by atoms with Gasteiger partial charge in [0.15, 0.2) is 0 Å². The van der Waals surface area contributed by atoms with Crippen LogP contribution in [0, 0.1) is 0 Å². The van der Waals surface area contributed by atoms with Gasteiger partial charge in [0.2, 0.25) is 0 Å². The number of halogens is 4. The van der Waals surface area contributed by atoms with Gasteiger partial charge in [-0.3, -0.25) is 9.59 Å².